The van der Waals surface area contributed by atoms with Crippen LogP contribution in [-0.2, 0) is 0 Å². The molecule has 0 radical (unpaired) electrons. The fourth-order valence-electron chi connectivity index (χ4n) is 3.27. The second kappa shape index (κ2) is 9.82. The molecule has 4 rings (SSSR count). The predicted molar refractivity (Wildman–Crippen MR) is 119 cm³/mol. The number of hydrogen-bond acceptors (Lipinski definition) is 5. The molecule has 1 unspecified atom stereocenters. The number of anilines is 1. The van der Waals surface area contributed by atoms with E-state index in [4.69, 9.17) is 0 Å². The van der Waals surface area contributed by atoms with E-state index in [-0.39, 0.29) is 11.8 Å². The van der Waals surface area contributed by atoms with Gasteiger partial charge in [-0.1, -0.05) is 50.2 Å². The zero-order valence-electron chi connectivity index (χ0n) is 17.4. The van der Waals surface area contributed by atoms with Crippen molar-refractivity contribution < 1.29 is 15.8 Å². The maximum Gasteiger partial charge on any atom is 0.161 e. The molecule has 2 heterocycles. The molecule has 154 valence electrons. The Labute approximate surface area is 176 Å². The normalized spacial score (nSPS) is 11.5. The Morgan fingerprint density at radius 1 is 0.900 bits per heavy atom. The van der Waals surface area contributed by atoms with E-state index in [0.717, 1.165) is 27.8 Å². The zero-order chi connectivity index (χ0) is 21.5. The van der Waals surface area contributed by atoms with Crippen LogP contribution < -0.4 is 10.8 Å². The molecule has 4 aromatic rings. The predicted octanol–water partition coefficient (Wildman–Crippen LogP) is 4.46. The number of nitrogens with zero attached hydrogens (tertiary/aromatic N) is 2. The number of aromatic nitrogens is 2. The van der Waals surface area contributed by atoms with Crippen molar-refractivity contribution in [3.63, 3.8) is 0 Å². The number of hydrogen-bond donors (Lipinski definition) is 4. The van der Waals surface area contributed by atoms with Gasteiger partial charge in [-0.05, 0) is 30.2 Å². The summed E-state index contributed by atoms with van der Waals surface area (Å²) in [5, 5.41) is 24.5. The van der Waals surface area contributed by atoms with Crippen LogP contribution in [0.1, 0.15) is 36.6 Å². The maximum absolute atomic E-state index is 11.0. The maximum atomic E-state index is 11.0. The minimum absolute atomic E-state index is 0.141. The van der Waals surface area contributed by atoms with Crippen LogP contribution in [0.2, 0.25) is 0 Å². The molecule has 6 heteroatoms. The summed E-state index contributed by atoms with van der Waals surface area (Å²) in [5.74, 6) is 0.882. The molecule has 0 saturated heterocycles. The summed E-state index contributed by atoms with van der Waals surface area (Å²) < 4.78 is 0. The summed E-state index contributed by atoms with van der Waals surface area (Å²) >= 11 is 0. The van der Waals surface area contributed by atoms with E-state index >= 15 is 0 Å². The smallest absolute Gasteiger partial charge is 0.161 e. The molecule has 1 atom stereocenters. The Morgan fingerprint density at radius 3 is 2.30 bits per heavy atom. The molecule has 0 aliphatic rings. The highest BCUT2D eigenvalue weighted by Crippen LogP contribution is 2.36. The highest BCUT2D eigenvalue weighted by Gasteiger charge is 2.21. The number of nitrogens with two attached hydrogens (primary N) is 1. The lowest BCUT2D eigenvalue weighted by Crippen LogP contribution is -2.73. The largest absolute Gasteiger partial charge is 0.505 e. The van der Waals surface area contributed by atoms with Crippen LogP contribution in [0.3, 0.4) is 0 Å². The van der Waals surface area contributed by atoms with Gasteiger partial charge in [0.25, 0.3) is 0 Å². The monoisotopic (exact) mass is 403 g/mol. The molecule has 0 spiro atoms. The Balaban J connectivity index is 0.00000124. The Hall–Kier alpha value is -3.48. The standard InChI is InChI=1S/C22H20N4O2.C2H6/c1-14-4-2-13-24-22(14)25-19(16-6-9-17(26-28)10-7-16)18-11-8-15-5-3-12-23-20(15)21(18)27;1-2/h2-13,19,26-28H,1H3,(H,24,25);1-2H3/p+1. The SMILES string of the molecule is CC.Cc1cccnc1NC(c1ccc([NH2+]O)cc1)c1ccc2cccnc2c1O. The van der Waals surface area contributed by atoms with Gasteiger partial charge in [-0.25, -0.2) is 10.2 Å². The van der Waals surface area contributed by atoms with Crippen LogP contribution in [0, 0.1) is 6.92 Å². The Bertz CT molecular complexity index is 1110. The van der Waals surface area contributed by atoms with Gasteiger partial charge in [0.15, 0.2) is 5.69 Å². The lowest BCUT2D eigenvalue weighted by Gasteiger charge is -2.23. The topological polar surface area (TPSA) is 94.9 Å². The van der Waals surface area contributed by atoms with E-state index in [1.807, 2.05) is 81.4 Å². The second-order valence-electron chi connectivity index (χ2n) is 6.62. The van der Waals surface area contributed by atoms with Crippen LogP contribution in [0.15, 0.2) is 73.1 Å². The number of pyridine rings is 2. The summed E-state index contributed by atoms with van der Waals surface area (Å²) in [5.41, 5.74) is 4.97. The molecule has 0 aliphatic heterocycles. The van der Waals surface area contributed by atoms with Crippen molar-refractivity contribution in [3.05, 3.63) is 89.7 Å². The second-order valence-corrected chi connectivity index (χ2v) is 6.62. The van der Waals surface area contributed by atoms with Crippen LogP contribution in [-0.4, -0.2) is 20.3 Å². The third-order valence-corrected chi connectivity index (χ3v) is 4.80. The van der Waals surface area contributed by atoms with Crippen LogP contribution in [0.5, 0.6) is 5.75 Å². The fourth-order valence-corrected chi connectivity index (χ4v) is 3.27. The molecule has 0 fully saturated rings. The average Bonchev–Trinajstić information content (AvgIpc) is 2.81. The van der Waals surface area contributed by atoms with E-state index in [2.05, 4.69) is 15.3 Å². The number of phenolic OH excluding ortho intramolecular Hbond substituents is 1. The van der Waals surface area contributed by atoms with Crippen molar-refractivity contribution in [2.45, 2.75) is 26.8 Å². The highest BCUT2D eigenvalue weighted by atomic mass is 16.5. The molecule has 5 N–H and O–H groups in total. The minimum Gasteiger partial charge on any atom is -0.505 e. The Kier molecular flexibility index (Phi) is 6.95. The van der Waals surface area contributed by atoms with Crippen molar-refractivity contribution in [1.29, 1.82) is 0 Å². The van der Waals surface area contributed by atoms with Gasteiger partial charge in [0.1, 0.15) is 17.1 Å². The number of fused-ring (bicyclic) bond motifs is 1. The molecular formula is C24H27N4O2+. The first kappa shape index (κ1) is 21.2. The minimum atomic E-state index is -0.340. The van der Waals surface area contributed by atoms with E-state index < -0.39 is 0 Å². The van der Waals surface area contributed by atoms with Crippen molar-refractivity contribution in [1.82, 2.24) is 9.97 Å². The van der Waals surface area contributed by atoms with Crippen LogP contribution in [0.25, 0.3) is 10.9 Å². The van der Waals surface area contributed by atoms with Gasteiger partial charge >= 0.3 is 0 Å². The van der Waals surface area contributed by atoms with Crippen molar-refractivity contribution >= 4 is 22.4 Å². The fraction of sp³-hybridized carbons (Fsp3) is 0.167. The first-order valence-electron chi connectivity index (χ1n) is 9.99. The van der Waals surface area contributed by atoms with E-state index in [9.17, 15) is 10.3 Å². The van der Waals surface area contributed by atoms with Gasteiger partial charge in [-0.2, -0.15) is 5.48 Å². The summed E-state index contributed by atoms with van der Waals surface area (Å²) in [6, 6.07) is 18.6. The summed E-state index contributed by atoms with van der Waals surface area (Å²) in [6.45, 7) is 5.98. The average molecular weight is 404 g/mol. The molecule has 0 saturated carbocycles. The lowest BCUT2D eigenvalue weighted by atomic mass is 9.96. The van der Waals surface area contributed by atoms with Gasteiger partial charge in [0.2, 0.25) is 0 Å². The highest BCUT2D eigenvalue weighted by molar-refractivity contribution is 5.86. The van der Waals surface area contributed by atoms with Gasteiger partial charge < -0.3 is 10.4 Å². The zero-order valence-corrected chi connectivity index (χ0v) is 17.4. The number of rotatable bonds is 5. The third kappa shape index (κ3) is 4.40. The molecule has 0 amide bonds. The molecule has 2 aromatic heterocycles. The number of aryl methyl sites for hydroxylation is 1. The summed E-state index contributed by atoms with van der Waals surface area (Å²) in [4.78, 5) is 8.78. The van der Waals surface area contributed by atoms with Gasteiger partial charge in [0, 0.05) is 35.5 Å². The van der Waals surface area contributed by atoms with Gasteiger partial charge in [-0.15, -0.1) is 0 Å². The molecule has 2 aromatic carbocycles. The van der Waals surface area contributed by atoms with Crippen LogP contribution in [0.4, 0.5) is 11.5 Å². The van der Waals surface area contributed by atoms with Gasteiger partial charge in [-0.3, -0.25) is 4.98 Å². The van der Waals surface area contributed by atoms with E-state index in [1.54, 1.807) is 12.4 Å². The molecular weight excluding hydrogens is 376 g/mol. The molecule has 30 heavy (non-hydrogen) atoms. The first-order valence-corrected chi connectivity index (χ1v) is 9.99. The lowest BCUT2D eigenvalue weighted by molar-refractivity contribution is -0.825. The number of quaternary nitrogens is 1. The quantitative estimate of drug-likeness (QED) is 0.292. The van der Waals surface area contributed by atoms with Crippen molar-refractivity contribution in [2.75, 3.05) is 5.32 Å². The Morgan fingerprint density at radius 2 is 1.60 bits per heavy atom. The molecule has 0 aliphatic carbocycles. The van der Waals surface area contributed by atoms with E-state index in [0.29, 0.717) is 16.8 Å². The summed E-state index contributed by atoms with van der Waals surface area (Å²) in [7, 11) is 0. The number of benzene rings is 2. The third-order valence-electron chi connectivity index (χ3n) is 4.80. The van der Waals surface area contributed by atoms with Crippen LogP contribution >= 0.6 is 0 Å². The summed E-state index contributed by atoms with van der Waals surface area (Å²) in [6.07, 6.45) is 3.40. The molecule has 6 nitrogen and oxygen atoms in total. The number of nitrogens with one attached hydrogen (secondary N) is 1. The van der Waals surface area contributed by atoms with Crippen molar-refractivity contribution in [2.24, 2.45) is 0 Å². The first-order chi connectivity index (χ1) is 14.7. The number of phenols is 1. The van der Waals surface area contributed by atoms with Crippen molar-refractivity contribution in [3.8, 4) is 5.75 Å². The van der Waals surface area contributed by atoms with E-state index in [1.165, 1.54) is 0 Å². The van der Waals surface area contributed by atoms with Gasteiger partial charge in [0.05, 0.1) is 6.04 Å². The number of aromatic hydroxyl groups is 1. The molecule has 0 bridgehead atoms.